The van der Waals surface area contributed by atoms with Gasteiger partial charge in [0.25, 0.3) is 5.56 Å². The Morgan fingerprint density at radius 1 is 1.12 bits per heavy atom. The second-order valence-corrected chi connectivity index (χ2v) is 9.39. The van der Waals surface area contributed by atoms with Gasteiger partial charge in [0.05, 0.1) is 16.9 Å². The molecule has 3 fully saturated rings. The van der Waals surface area contributed by atoms with Crippen molar-refractivity contribution < 1.29 is 18.0 Å². The molecule has 0 saturated heterocycles. The minimum absolute atomic E-state index is 0.0392. The van der Waals surface area contributed by atoms with Gasteiger partial charge in [-0.3, -0.25) is 9.59 Å². The van der Waals surface area contributed by atoms with Crippen LogP contribution in [0.5, 0.6) is 0 Å². The average molecular weight is 457 g/mol. The van der Waals surface area contributed by atoms with Gasteiger partial charge in [-0.25, -0.2) is 22.5 Å². The van der Waals surface area contributed by atoms with E-state index in [1.165, 1.54) is 19.1 Å². The molecule has 33 heavy (non-hydrogen) atoms. The number of nitrogens with zero attached hydrogens (tertiary/aromatic N) is 1. The number of nitrogens with one attached hydrogen (secondary N) is 2. The molecule has 6 rings (SSSR count). The summed E-state index contributed by atoms with van der Waals surface area (Å²) < 4.78 is 42.1. The topological polar surface area (TPSA) is 84.0 Å². The monoisotopic (exact) mass is 457 g/mol. The molecule has 1 heterocycles. The van der Waals surface area contributed by atoms with E-state index in [4.69, 9.17) is 0 Å². The van der Waals surface area contributed by atoms with Gasteiger partial charge >= 0.3 is 5.69 Å². The Hall–Kier alpha value is -3.36. The van der Waals surface area contributed by atoms with Crippen LogP contribution in [0.3, 0.4) is 0 Å². The number of carbonyl (C=O) groups is 1. The minimum atomic E-state index is -1.15. The first-order valence-electron chi connectivity index (χ1n) is 10.9. The molecule has 0 aliphatic heterocycles. The minimum Gasteiger partial charge on any atom is -0.348 e. The van der Waals surface area contributed by atoms with Gasteiger partial charge < -0.3 is 10.3 Å². The molecule has 172 valence electrons. The molecule has 2 N–H and O–H groups in total. The average Bonchev–Trinajstić information content (AvgIpc) is 2.68. The maximum absolute atomic E-state index is 14.2. The van der Waals surface area contributed by atoms with Crippen LogP contribution in [0.4, 0.5) is 13.2 Å². The summed E-state index contributed by atoms with van der Waals surface area (Å²) in [6.07, 6.45) is 3.05. The number of amides is 1. The van der Waals surface area contributed by atoms with Crippen LogP contribution in [0.2, 0.25) is 0 Å². The highest BCUT2D eigenvalue weighted by Crippen LogP contribution is 2.67. The van der Waals surface area contributed by atoms with Crippen LogP contribution in [-0.2, 0) is 4.79 Å². The van der Waals surface area contributed by atoms with E-state index in [1.807, 2.05) is 0 Å². The number of fused-ring (bicyclic) bond motifs is 1. The summed E-state index contributed by atoms with van der Waals surface area (Å²) in [5.74, 6) is -2.20. The quantitative estimate of drug-likeness (QED) is 0.592. The summed E-state index contributed by atoms with van der Waals surface area (Å²) in [6.45, 7) is 1.54. The SMILES string of the molecule is C[C@@H](NC(=O)C(CC12CC(C1)C2)n1c(=O)[nH]c2ccc(F)cc2c1=O)c1ccc(F)cc1F. The number of halogens is 3. The van der Waals surface area contributed by atoms with Gasteiger partial charge in [0.1, 0.15) is 23.5 Å². The molecule has 9 heteroatoms. The number of benzene rings is 2. The van der Waals surface area contributed by atoms with Gasteiger partial charge in [0.2, 0.25) is 5.91 Å². The van der Waals surface area contributed by atoms with Gasteiger partial charge in [-0.15, -0.1) is 0 Å². The molecule has 2 atom stereocenters. The maximum atomic E-state index is 14.2. The van der Waals surface area contributed by atoms with E-state index in [0.29, 0.717) is 5.92 Å². The van der Waals surface area contributed by atoms with Gasteiger partial charge in [-0.2, -0.15) is 0 Å². The summed E-state index contributed by atoms with van der Waals surface area (Å²) in [5, 5.41) is 2.63. The summed E-state index contributed by atoms with van der Waals surface area (Å²) in [5.41, 5.74) is -1.39. The van der Waals surface area contributed by atoms with Crippen LogP contribution in [0, 0.1) is 28.8 Å². The highest BCUT2D eigenvalue weighted by Gasteiger charge is 2.57. The Bertz CT molecular complexity index is 1380. The lowest BCUT2D eigenvalue weighted by atomic mass is 9.43. The van der Waals surface area contributed by atoms with E-state index >= 15 is 0 Å². The normalized spacial score (nSPS) is 22.8. The third kappa shape index (κ3) is 3.65. The summed E-state index contributed by atoms with van der Waals surface area (Å²) in [6, 6.07) is 4.53. The van der Waals surface area contributed by atoms with Crippen molar-refractivity contribution in [1.82, 2.24) is 14.9 Å². The van der Waals surface area contributed by atoms with Gasteiger partial charge in [-0.1, -0.05) is 6.07 Å². The van der Waals surface area contributed by atoms with Crippen molar-refractivity contribution in [1.29, 1.82) is 0 Å². The number of aromatic amines is 1. The molecule has 6 nitrogen and oxygen atoms in total. The first kappa shape index (κ1) is 21.5. The molecule has 3 aliphatic rings. The van der Waals surface area contributed by atoms with Crippen LogP contribution in [0.15, 0.2) is 46.0 Å². The van der Waals surface area contributed by atoms with Crippen molar-refractivity contribution in [2.45, 2.75) is 44.7 Å². The van der Waals surface area contributed by atoms with E-state index in [1.54, 1.807) is 0 Å². The predicted octanol–water partition coefficient (Wildman–Crippen LogP) is 3.72. The second kappa shape index (κ2) is 7.60. The van der Waals surface area contributed by atoms with E-state index in [9.17, 15) is 27.6 Å². The summed E-state index contributed by atoms with van der Waals surface area (Å²) in [7, 11) is 0. The van der Waals surface area contributed by atoms with Crippen molar-refractivity contribution in [3.63, 3.8) is 0 Å². The maximum Gasteiger partial charge on any atom is 0.329 e. The molecule has 1 amide bonds. The molecule has 3 saturated carbocycles. The molecule has 1 aromatic heterocycles. The zero-order chi connectivity index (χ0) is 23.5. The zero-order valence-corrected chi connectivity index (χ0v) is 17.8. The largest absolute Gasteiger partial charge is 0.348 e. The lowest BCUT2D eigenvalue weighted by Crippen LogP contribution is -2.55. The number of hydrogen-bond acceptors (Lipinski definition) is 3. The molecule has 2 aromatic carbocycles. The number of hydrogen-bond donors (Lipinski definition) is 2. The fraction of sp³-hybridized carbons (Fsp3) is 0.375. The zero-order valence-electron chi connectivity index (χ0n) is 17.8. The Morgan fingerprint density at radius 3 is 2.42 bits per heavy atom. The predicted molar refractivity (Wildman–Crippen MR) is 115 cm³/mol. The molecule has 2 bridgehead atoms. The Labute approximate surface area is 186 Å². The van der Waals surface area contributed by atoms with Gasteiger partial charge in [0.15, 0.2) is 0 Å². The number of rotatable bonds is 6. The molecule has 0 spiro atoms. The lowest BCUT2D eigenvalue weighted by molar-refractivity contribution is -0.140. The second-order valence-electron chi connectivity index (χ2n) is 9.39. The molecule has 1 unspecified atom stereocenters. The molecule has 3 aliphatic carbocycles. The Kier molecular flexibility index (Phi) is 4.95. The van der Waals surface area contributed by atoms with Crippen LogP contribution < -0.4 is 16.6 Å². The number of aromatic nitrogens is 2. The highest BCUT2D eigenvalue weighted by atomic mass is 19.1. The van der Waals surface area contributed by atoms with Crippen molar-refractivity contribution in [2.24, 2.45) is 11.3 Å². The van der Waals surface area contributed by atoms with Crippen LogP contribution in [0.1, 0.15) is 50.3 Å². The molecule has 0 radical (unpaired) electrons. The van der Waals surface area contributed by atoms with Crippen LogP contribution in [-0.4, -0.2) is 15.5 Å². The summed E-state index contributed by atoms with van der Waals surface area (Å²) in [4.78, 5) is 42.0. The Balaban J connectivity index is 1.53. The van der Waals surface area contributed by atoms with Crippen LogP contribution in [0.25, 0.3) is 10.9 Å². The van der Waals surface area contributed by atoms with Crippen molar-refractivity contribution >= 4 is 16.8 Å². The number of carbonyl (C=O) groups excluding carboxylic acids is 1. The fourth-order valence-electron chi connectivity index (χ4n) is 5.34. The molecule has 3 aromatic rings. The van der Waals surface area contributed by atoms with E-state index < -0.39 is 46.7 Å². The smallest absolute Gasteiger partial charge is 0.329 e. The van der Waals surface area contributed by atoms with Crippen molar-refractivity contribution in [3.05, 3.63) is 80.3 Å². The highest BCUT2D eigenvalue weighted by molar-refractivity contribution is 5.82. The molecular weight excluding hydrogens is 435 g/mol. The summed E-state index contributed by atoms with van der Waals surface area (Å²) >= 11 is 0. The fourth-order valence-corrected chi connectivity index (χ4v) is 5.34. The van der Waals surface area contributed by atoms with Crippen molar-refractivity contribution in [2.75, 3.05) is 0 Å². The van der Waals surface area contributed by atoms with Gasteiger partial charge in [-0.05, 0) is 68.2 Å². The Morgan fingerprint density at radius 2 is 1.79 bits per heavy atom. The first-order valence-corrected chi connectivity index (χ1v) is 10.9. The van der Waals surface area contributed by atoms with Crippen molar-refractivity contribution in [3.8, 4) is 0 Å². The van der Waals surface area contributed by atoms with Crippen LogP contribution >= 0.6 is 0 Å². The van der Waals surface area contributed by atoms with E-state index in [-0.39, 0.29) is 28.3 Å². The molecular formula is C24H22F3N3O3. The lowest BCUT2D eigenvalue weighted by Gasteiger charge is -2.63. The van der Waals surface area contributed by atoms with Gasteiger partial charge in [0, 0.05) is 11.6 Å². The first-order chi connectivity index (χ1) is 15.7. The standard InChI is InChI=1S/C24H22F3N3O3/c1-12(16-4-2-15(26)7-18(16)27)28-21(31)20(11-24-8-13(9-24)10-24)30-22(32)17-6-14(25)3-5-19(17)29-23(30)33/h2-7,12-13,20H,8-11H2,1H3,(H,28,31)(H,29,33)/t12-,13?,20?,24?/m1/s1. The number of H-pyrrole nitrogens is 1. The van der Waals surface area contributed by atoms with E-state index in [0.717, 1.165) is 48.1 Å². The third-order valence-electron chi connectivity index (χ3n) is 7.08. The third-order valence-corrected chi connectivity index (χ3v) is 7.08. The van der Waals surface area contributed by atoms with E-state index in [2.05, 4.69) is 10.3 Å².